The van der Waals surface area contributed by atoms with Crippen molar-refractivity contribution >= 4 is 23.3 Å². The molecule has 1 aromatic rings. The van der Waals surface area contributed by atoms with Crippen molar-refractivity contribution in [2.24, 2.45) is 21.8 Å². The van der Waals surface area contributed by atoms with Gasteiger partial charge in [-0.05, 0) is 89.1 Å². The number of likely N-dealkylation sites (N-methyl/N-ethyl adjacent to an activating group) is 1. The number of rotatable bonds is 11. The molecule has 0 radical (unpaired) electrons. The van der Waals surface area contributed by atoms with Crippen LogP contribution in [0.15, 0.2) is 76.2 Å². The first-order valence-electron chi connectivity index (χ1n) is 17.5. The first kappa shape index (κ1) is 32.7. The van der Waals surface area contributed by atoms with Crippen molar-refractivity contribution in [3.63, 3.8) is 0 Å². The van der Waals surface area contributed by atoms with Crippen LogP contribution in [0.25, 0.3) is 0 Å². The predicted octanol–water partition coefficient (Wildman–Crippen LogP) is 5.66. The van der Waals surface area contributed by atoms with E-state index >= 15 is 0 Å². The Morgan fingerprint density at radius 2 is 1.85 bits per heavy atom. The number of allylic oxidation sites excluding steroid dienone is 4. The van der Waals surface area contributed by atoms with E-state index in [2.05, 4.69) is 63.7 Å². The van der Waals surface area contributed by atoms with Gasteiger partial charge in [0.1, 0.15) is 11.7 Å². The van der Waals surface area contributed by atoms with Crippen LogP contribution in [0.4, 0.5) is 11.5 Å². The Morgan fingerprint density at radius 1 is 1.09 bits per heavy atom. The number of aliphatic imine (C=N–C) groups is 2. The molecule has 248 valence electrons. The third-order valence-electron chi connectivity index (χ3n) is 10.2. The van der Waals surface area contributed by atoms with Crippen LogP contribution in [0.1, 0.15) is 65.7 Å². The standard InChI is InChI=1S/C37H54N8O/c1-6-7-10-30(37(3,4)46)11-8-9-27(2)45-33(28-12-13-28)24-29-25-39-36(41-35(29)45)40-34-15-14-32(26-38-34)43-18-16-31(17-19-43)44-22-20-42(5)21-23-44/h8-9,11,14-15,24,26,28-29,31,46H,2,6-7,10,12-13,16-23,25H2,1,3-5H3,(H,38,39,40)/b9-8-,30-11+. The Bertz CT molecular complexity index is 1380. The molecule has 9 nitrogen and oxygen atoms in total. The van der Waals surface area contributed by atoms with E-state index in [4.69, 9.17) is 15.0 Å². The molecule has 2 saturated heterocycles. The van der Waals surface area contributed by atoms with Crippen molar-refractivity contribution < 1.29 is 5.11 Å². The largest absolute Gasteiger partial charge is 0.386 e. The van der Waals surface area contributed by atoms with Gasteiger partial charge in [0.2, 0.25) is 5.96 Å². The Balaban J connectivity index is 1.08. The predicted molar refractivity (Wildman–Crippen MR) is 190 cm³/mol. The summed E-state index contributed by atoms with van der Waals surface area (Å²) in [4.78, 5) is 24.4. The summed E-state index contributed by atoms with van der Waals surface area (Å²) in [6.07, 6.45) is 18.3. The summed E-state index contributed by atoms with van der Waals surface area (Å²) in [7, 11) is 2.22. The van der Waals surface area contributed by atoms with E-state index in [1.807, 2.05) is 38.3 Å². The molecular weight excluding hydrogens is 572 g/mol. The van der Waals surface area contributed by atoms with Gasteiger partial charge in [-0.1, -0.05) is 38.2 Å². The third-order valence-corrected chi connectivity index (χ3v) is 10.2. The highest BCUT2D eigenvalue weighted by Crippen LogP contribution is 2.44. The summed E-state index contributed by atoms with van der Waals surface area (Å²) in [6.45, 7) is 17.9. The summed E-state index contributed by atoms with van der Waals surface area (Å²) in [6, 6.07) is 4.92. The molecule has 6 rings (SSSR count). The first-order valence-corrected chi connectivity index (χ1v) is 17.5. The molecule has 0 bridgehead atoms. The number of aromatic nitrogens is 1. The van der Waals surface area contributed by atoms with Crippen molar-refractivity contribution in [3.8, 4) is 0 Å². The highest BCUT2D eigenvalue weighted by atomic mass is 16.3. The van der Waals surface area contributed by atoms with E-state index in [0.29, 0.717) is 24.5 Å². The van der Waals surface area contributed by atoms with E-state index in [-0.39, 0.29) is 5.92 Å². The van der Waals surface area contributed by atoms with Crippen LogP contribution >= 0.6 is 0 Å². The molecule has 5 heterocycles. The van der Waals surface area contributed by atoms with Gasteiger partial charge in [-0.15, -0.1) is 0 Å². The summed E-state index contributed by atoms with van der Waals surface area (Å²) in [5.74, 6) is 3.04. The second-order valence-electron chi connectivity index (χ2n) is 14.2. The topological polar surface area (TPSA) is 82.8 Å². The number of unbranched alkanes of at least 4 members (excludes halogenated alkanes) is 1. The molecule has 0 spiro atoms. The second-order valence-corrected chi connectivity index (χ2v) is 14.2. The molecule has 3 fully saturated rings. The molecule has 0 amide bonds. The number of aliphatic hydroxyl groups is 1. The second kappa shape index (κ2) is 14.2. The van der Waals surface area contributed by atoms with Gasteiger partial charge in [0.15, 0.2) is 0 Å². The summed E-state index contributed by atoms with van der Waals surface area (Å²) in [5.41, 5.74) is 3.57. The lowest BCUT2D eigenvalue weighted by Crippen LogP contribution is -2.52. The smallest absolute Gasteiger partial charge is 0.225 e. The first-order chi connectivity index (χ1) is 22.2. The number of fused-ring (bicyclic) bond motifs is 1. The number of hydrogen-bond acceptors (Lipinski definition) is 9. The number of pyridine rings is 1. The lowest BCUT2D eigenvalue weighted by Gasteiger charge is -2.42. The van der Waals surface area contributed by atoms with Gasteiger partial charge in [0.25, 0.3) is 0 Å². The zero-order chi connectivity index (χ0) is 32.3. The van der Waals surface area contributed by atoms with Crippen LogP contribution in [0.5, 0.6) is 0 Å². The Morgan fingerprint density at radius 3 is 2.50 bits per heavy atom. The van der Waals surface area contributed by atoms with Gasteiger partial charge in [-0.2, -0.15) is 4.99 Å². The average molecular weight is 627 g/mol. The van der Waals surface area contributed by atoms with Crippen LogP contribution in [-0.4, -0.2) is 101 Å². The van der Waals surface area contributed by atoms with E-state index in [9.17, 15) is 5.11 Å². The van der Waals surface area contributed by atoms with Gasteiger partial charge in [-0.25, -0.2) is 9.98 Å². The van der Waals surface area contributed by atoms with Crippen LogP contribution in [0.3, 0.4) is 0 Å². The van der Waals surface area contributed by atoms with E-state index in [0.717, 1.165) is 55.3 Å². The summed E-state index contributed by atoms with van der Waals surface area (Å²) in [5, 5.41) is 14.0. The van der Waals surface area contributed by atoms with Gasteiger partial charge >= 0.3 is 0 Å². The minimum absolute atomic E-state index is 0.155. The van der Waals surface area contributed by atoms with Gasteiger partial charge in [-0.3, -0.25) is 4.90 Å². The number of nitrogens with one attached hydrogen (secondary N) is 1. The molecule has 9 heteroatoms. The van der Waals surface area contributed by atoms with Crippen molar-refractivity contribution in [1.29, 1.82) is 0 Å². The van der Waals surface area contributed by atoms with Gasteiger partial charge < -0.3 is 25.1 Å². The molecule has 1 aliphatic carbocycles. The maximum Gasteiger partial charge on any atom is 0.225 e. The number of guanidine groups is 1. The molecule has 1 aromatic heterocycles. The fraction of sp³-hybridized carbons (Fsp3) is 0.595. The molecule has 0 aromatic carbocycles. The summed E-state index contributed by atoms with van der Waals surface area (Å²) >= 11 is 0. The highest BCUT2D eigenvalue weighted by molar-refractivity contribution is 6.07. The van der Waals surface area contributed by atoms with Crippen molar-refractivity contribution in [2.45, 2.75) is 77.4 Å². The fourth-order valence-corrected chi connectivity index (χ4v) is 7.08. The molecule has 5 aliphatic rings. The Hall–Kier alpha value is -3.27. The maximum absolute atomic E-state index is 10.7. The fourth-order valence-electron chi connectivity index (χ4n) is 7.08. The number of nitrogens with zero attached hydrogens (tertiary/aromatic N) is 7. The molecule has 1 saturated carbocycles. The molecule has 46 heavy (non-hydrogen) atoms. The zero-order valence-electron chi connectivity index (χ0n) is 28.5. The number of piperazine rings is 1. The van der Waals surface area contributed by atoms with Crippen molar-refractivity contribution in [1.82, 2.24) is 19.7 Å². The lowest BCUT2D eigenvalue weighted by molar-refractivity contribution is 0.0982. The number of amidine groups is 1. The van der Waals surface area contributed by atoms with Crippen LogP contribution in [0.2, 0.25) is 0 Å². The van der Waals surface area contributed by atoms with Crippen LogP contribution in [0, 0.1) is 11.8 Å². The lowest BCUT2D eigenvalue weighted by atomic mass is 9.93. The van der Waals surface area contributed by atoms with Gasteiger partial charge in [0.05, 0.1) is 29.9 Å². The Labute approximate surface area is 276 Å². The minimum Gasteiger partial charge on any atom is -0.386 e. The van der Waals surface area contributed by atoms with Gasteiger partial charge in [0, 0.05) is 56.7 Å². The summed E-state index contributed by atoms with van der Waals surface area (Å²) < 4.78 is 0. The number of piperidine rings is 1. The normalized spacial score (nSPS) is 23.8. The SMILES string of the molecule is C=C(/C=C\C=C(/CCCC)C(C)(C)O)N1C(C2CC2)=CC2CN=C(Nc3ccc(N4CCC(N5CCN(C)CC5)CC4)cn3)N=C21. The molecule has 4 aliphatic heterocycles. The maximum atomic E-state index is 10.7. The minimum atomic E-state index is -0.836. The van der Waals surface area contributed by atoms with Crippen LogP contribution < -0.4 is 10.2 Å². The third kappa shape index (κ3) is 7.81. The van der Waals surface area contributed by atoms with Crippen molar-refractivity contribution in [3.05, 3.63) is 66.2 Å². The monoisotopic (exact) mass is 626 g/mol. The molecule has 1 unspecified atom stereocenters. The average Bonchev–Trinajstić information content (AvgIpc) is 3.83. The zero-order valence-corrected chi connectivity index (χ0v) is 28.5. The molecule has 2 N–H and O–H groups in total. The highest BCUT2D eigenvalue weighted by Gasteiger charge is 2.40. The van der Waals surface area contributed by atoms with Crippen molar-refractivity contribution in [2.75, 3.05) is 63.1 Å². The number of anilines is 2. The molecule has 1 atom stereocenters. The Kier molecular flexibility index (Phi) is 10.1. The molecular formula is C37H54N8O. The number of hydrogen-bond donors (Lipinski definition) is 2. The van der Waals surface area contributed by atoms with E-state index < -0.39 is 5.60 Å². The van der Waals surface area contributed by atoms with Crippen LogP contribution in [-0.2, 0) is 0 Å². The van der Waals surface area contributed by atoms with E-state index in [1.54, 1.807) is 0 Å². The quantitative estimate of drug-likeness (QED) is 0.307. The van der Waals surface area contributed by atoms with E-state index in [1.165, 1.54) is 63.2 Å².